The first-order valence-corrected chi connectivity index (χ1v) is 13.4. The average Bonchev–Trinajstić information content (AvgIpc) is 2.85. The van der Waals surface area contributed by atoms with Gasteiger partial charge >= 0.3 is 0 Å². The van der Waals surface area contributed by atoms with Crippen LogP contribution >= 0.6 is 47.8 Å². The Morgan fingerprint density at radius 2 is 1.94 bits per heavy atom. The zero-order valence-corrected chi connectivity index (χ0v) is 23.4. The summed E-state index contributed by atoms with van der Waals surface area (Å²) in [5, 5.41) is 5.16. The lowest BCUT2D eigenvalue weighted by Crippen LogP contribution is -2.25. The Bertz CT molecular complexity index is 1310. The molecule has 0 bridgehead atoms. The van der Waals surface area contributed by atoms with Crippen molar-refractivity contribution >= 4 is 64.9 Å². The van der Waals surface area contributed by atoms with Crippen molar-refractivity contribution in [3.8, 4) is 11.5 Å². The van der Waals surface area contributed by atoms with Gasteiger partial charge in [-0.05, 0) is 69.0 Å². The average molecular weight is 654 g/mol. The molecule has 1 aliphatic rings. The van der Waals surface area contributed by atoms with Gasteiger partial charge in [0.25, 0.3) is 5.56 Å². The Hall–Kier alpha value is -1.97. The highest BCUT2D eigenvalue weighted by atomic mass is 79.9. The first kappa shape index (κ1) is 25.1. The van der Waals surface area contributed by atoms with Crippen molar-refractivity contribution in [1.82, 2.24) is 9.66 Å². The van der Waals surface area contributed by atoms with Gasteiger partial charge in [-0.1, -0.05) is 47.8 Å². The molecule has 0 unspecified atom stereocenters. The molecule has 0 spiro atoms. The van der Waals surface area contributed by atoms with Crippen LogP contribution in [0.15, 0.2) is 60.2 Å². The number of halogens is 3. The number of benzene rings is 2. The summed E-state index contributed by atoms with van der Waals surface area (Å²) < 4.78 is 15.0. The van der Waals surface area contributed by atoms with Crippen LogP contribution in [0.5, 0.6) is 11.5 Å². The highest BCUT2D eigenvalue weighted by Crippen LogP contribution is 2.42. The molecule has 0 saturated heterocycles. The molecule has 0 radical (unpaired) electrons. The molecule has 6 nitrogen and oxygen atoms in total. The van der Waals surface area contributed by atoms with Crippen LogP contribution in [0.1, 0.15) is 49.4 Å². The van der Waals surface area contributed by atoms with E-state index in [-0.39, 0.29) is 11.5 Å². The molecule has 34 heavy (non-hydrogen) atoms. The van der Waals surface area contributed by atoms with Crippen LogP contribution in [0.25, 0.3) is 10.9 Å². The Morgan fingerprint density at radius 3 is 2.65 bits per heavy atom. The van der Waals surface area contributed by atoms with Crippen molar-refractivity contribution in [3.05, 3.63) is 72.1 Å². The van der Waals surface area contributed by atoms with Gasteiger partial charge in [-0.25, -0.2) is 4.98 Å². The maximum atomic E-state index is 13.5. The topological polar surface area (TPSA) is 65.7 Å². The van der Waals surface area contributed by atoms with Crippen molar-refractivity contribution in [2.24, 2.45) is 5.10 Å². The van der Waals surface area contributed by atoms with E-state index in [1.807, 2.05) is 18.2 Å². The van der Waals surface area contributed by atoms with Gasteiger partial charge in [0.05, 0.1) is 28.7 Å². The fourth-order valence-electron chi connectivity index (χ4n) is 4.15. The van der Waals surface area contributed by atoms with Crippen LogP contribution in [0.2, 0.25) is 0 Å². The molecule has 9 heteroatoms. The van der Waals surface area contributed by atoms with Crippen LogP contribution in [0.4, 0.5) is 0 Å². The Kier molecular flexibility index (Phi) is 8.26. The van der Waals surface area contributed by atoms with E-state index in [2.05, 4.69) is 59.5 Å². The van der Waals surface area contributed by atoms with E-state index in [4.69, 9.17) is 14.5 Å². The van der Waals surface area contributed by atoms with Crippen molar-refractivity contribution in [2.75, 3.05) is 13.7 Å². The van der Waals surface area contributed by atoms with E-state index in [0.717, 1.165) is 40.2 Å². The highest BCUT2D eigenvalue weighted by Gasteiger charge is 2.23. The quantitative estimate of drug-likeness (QED) is 0.200. The van der Waals surface area contributed by atoms with Crippen molar-refractivity contribution in [2.45, 2.75) is 38.0 Å². The molecule has 2 aromatic carbocycles. The molecule has 1 heterocycles. The van der Waals surface area contributed by atoms with Crippen molar-refractivity contribution in [1.29, 1.82) is 0 Å². The normalized spacial score (nSPS) is 14.6. The molecular weight excluding hydrogens is 630 g/mol. The minimum atomic E-state index is -0.184. The maximum absolute atomic E-state index is 13.5. The molecule has 1 saturated carbocycles. The van der Waals surface area contributed by atoms with Gasteiger partial charge in [0.15, 0.2) is 11.5 Å². The maximum Gasteiger partial charge on any atom is 0.282 e. The van der Waals surface area contributed by atoms with E-state index in [0.29, 0.717) is 39.3 Å². The largest absolute Gasteiger partial charge is 0.493 e. The minimum absolute atomic E-state index is 0.184. The summed E-state index contributed by atoms with van der Waals surface area (Å²) >= 11 is 10.7. The van der Waals surface area contributed by atoms with Crippen LogP contribution in [-0.2, 0) is 0 Å². The molecular formula is C25H24Br3N3O3. The number of aromatic nitrogens is 2. The summed E-state index contributed by atoms with van der Waals surface area (Å²) in [4.78, 5) is 18.4. The third-order valence-electron chi connectivity index (χ3n) is 5.84. The van der Waals surface area contributed by atoms with E-state index < -0.39 is 0 Å². The van der Waals surface area contributed by atoms with Gasteiger partial charge in [0.1, 0.15) is 12.4 Å². The molecule has 1 aromatic heterocycles. The third kappa shape index (κ3) is 5.16. The Morgan fingerprint density at radius 1 is 1.18 bits per heavy atom. The molecule has 4 rings (SSSR count). The Labute approximate surface area is 223 Å². The zero-order valence-electron chi connectivity index (χ0n) is 18.7. The molecule has 0 N–H and O–H groups in total. The molecule has 178 valence electrons. The second kappa shape index (κ2) is 11.2. The number of ether oxygens (including phenoxy) is 2. The molecule has 0 aliphatic heterocycles. The number of fused-ring (bicyclic) bond motifs is 1. The minimum Gasteiger partial charge on any atom is -0.493 e. The highest BCUT2D eigenvalue weighted by molar-refractivity contribution is 9.13. The van der Waals surface area contributed by atoms with Gasteiger partial charge < -0.3 is 9.47 Å². The first-order valence-electron chi connectivity index (χ1n) is 11.0. The molecule has 0 atom stereocenters. The lowest BCUT2D eigenvalue weighted by atomic mass is 9.88. The summed E-state index contributed by atoms with van der Waals surface area (Å²) in [7, 11) is 1.58. The number of hydrogen-bond acceptors (Lipinski definition) is 5. The summed E-state index contributed by atoms with van der Waals surface area (Å²) in [6.07, 6.45) is 8.79. The van der Waals surface area contributed by atoms with Crippen LogP contribution in [-0.4, -0.2) is 29.6 Å². The Balaban J connectivity index is 1.84. The summed E-state index contributed by atoms with van der Waals surface area (Å²) in [5.41, 5.74) is 1.23. The number of nitrogens with zero attached hydrogens (tertiary/aromatic N) is 3. The van der Waals surface area contributed by atoms with Crippen LogP contribution in [0.3, 0.4) is 0 Å². The predicted molar refractivity (Wildman–Crippen MR) is 147 cm³/mol. The van der Waals surface area contributed by atoms with Crippen LogP contribution < -0.4 is 15.0 Å². The molecule has 1 fully saturated rings. The van der Waals surface area contributed by atoms with Crippen molar-refractivity contribution < 1.29 is 9.47 Å². The van der Waals surface area contributed by atoms with E-state index in [9.17, 15) is 4.79 Å². The molecule has 0 amide bonds. The third-order valence-corrected chi connectivity index (χ3v) is 8.47. The van der Waals surface area contributed by atoms with Gasteiger partial charge in [0, 0.05) is 20.4 Å². The second-order valence-electron chi connectivity index (χ2n) is 8.05. The SMILES string of the molecule is C=CCOc1c(OC)cc(C=Nn2c(C3CCCCC3)nc3ccc(Br)cc3c2=O)c(Br)c1Br. The lowest BCUT2D eigenvalue weighted by molar-refractivity contribution is 0.324. The zero-order chi connectivity index (χ0) is 24.2. The standard InChI is InChI=1S/C25H24Br3N3O3/c1-3-11-34-23-20(33-2)12-16(21(27)22(23)28)14-29-31-24(15-7-5-4-6-8-15)30-19-10-9-17(26)13-18(19)25(31)32/h3,9-10,12-15H,1,4-8,11H2,2H3. The summed E-state index contributed by atoms with van der Waals surface area (Å²) in [6.45, 7) is 4.03. The second-order valence-corrected chi connectivity index (χ2v) is 10.6. The summed E-state index contributed by atoms with van der Waals surface area (Å²) in [6, 6.07) is 7.39. The van der Waals surface area contributed by atoms with Crippen LogP contribution in [0, 0.1) is 0 Å². The van der Waals surface area contributed by atoms with E-state index >= 15 is 0 Å². The lowest BCUT2D eigenvalue weighted by Gasteiger charge is -2.22. The number of rotatable bonds is 7. The van der Waals surface area contributed by atoms with Crippen molar-refractivity contribution in [3.63, 3.8) is 0 Å². The van der Waals surface area contributed by atoms with Gasteiger partial charge in [-0.2, -0.15) is 9.78 Å². The first-order chi connectivity index (χ1) is 16.4. The van der Waals surface area contributed by atoms with Gasteiger partial charge in [-0.15, -0.1) is 0 Å². The summed E-state index contributed by atoms with van der Waals surface area (Å²) in [5.74, 6) is 2.01. The fraction of sp³-hybridized carbons (Fsp3) is 0.320. The number of hydrogen-bond donors (Lipinski definition) is 0. The van der Waals surface area contributed by atoms with Gasteiger partial charge in [-0.3, -0.25) is 4.79 Å². The van der Waals surface area contributed by atoms with E-state index in [1.165, 1.54) is 11.1 Å². The number of methoxy groups -OCH3 is 1. The smallest absolute Gasteiger partial charge is 0.282 e. The monoisotopic (exact) mass is 651 g/mol. The fourth-order valence-corrected chi connectivity index (χ4v) is 5.45. The predicted octanol–water partition coefficient (Wildman–Crippen LogP) is 7.19. The van der Waals surface area contributed by atoms with Gasteiger partial charge in [0.2, 0.25) is 0 Å². The molecule has 1 aliphatic carbocycles. The molecule has 3 aromatic rings. The van der Waals surface area contributed by atoms with E-state index in [1.54, 1.807) is 25.5 Å².